The Balaban J connectivity index is 1.07. The molecule has 0 N–H and O–H groups in total. The third-order valence-electron chi connectivity index (χ3n) is 8.37. The van der Waals surface area contributed by atoms with Crippen LogP contribution in [0, 0.1) is 5.41 Å². The summed E-state index contributed by atoms with van der Waals surface area (Å²) in [5, 5.41) is 0. The number of carbonyl (C=O) groups excluding carboxylic acids is 3. The van der Waals surface area contributed by atoms with Gasteiger partial charge in [-0.1, -0.05) is 18.2 Å². The van der Waals surface area contributed by atoms with E-state index in [9.17, 15) is 14.4 Å². The van der Waals surface area contributed by atoms with Crippen molar-refractivity contribution in [3.63, 3.8) is 0 Å². The van der Waals surface area contributed by atoms with Gasteiger partial charge in [-0.25, -0.2) is 0 Å². The van der Waals surface area contributed by atoms with Crippen LogP contribution in [0.1, 0.15) is 66.8 Å². The highest BCUT2D eigenvalue weighted by Gasteiger charge is 2.43. The van der Waals surface area contributed by atoms with Crippen molar-refractivity contribution in [1.82, 2.24) is 9.80 Å². The quantitative estimate of drug-likeness (QED) is 0.497. The highest BCUT2D eigenvalue weighted by atomic mass is 16.5. The SMILES string of the molecule is COc1ccc2c(c1)C(CC(=O)N1CCC3(CCN(C(=O)CCCOc4ccccc4)CC3)C1)CC2=O. The van der Waals surface area contributed by atoms with Gasteiger partial charge in [-0.05, 0) is 67.0 Å². The Morgan fingerprint density at radius 2 is 1.68 bits per heavy atom. The number of fused-ring (bicyclic) bond motifs is 1. The van der Waals surface area contributed by atoms with E-state index in [1.54, 1.807) is 13.2 Å². The van der Waals surface area contributed by atoms with E-state index >= 15 is 0 Å². The van der Waals surface area contributed by atoms with Gasteiger partial charge in [0, 0.05) is 56.9 Å². The van der Waals surface area contributed by atoms with E-state index in [2.05, 4.69) is 0 Å². The van der Waals surface area contributed by atoms with Crippen molar-refractivity contribution < 1.29 is 23.9 Å². The second kappa shape index (κ2) is 11.0. The molecule has 1 atom stereocenters. The minimum atomic E-state index is -0.0769. The third-order valence-corrected chi connectivity index (χ3v) is 8.37. The molecule has 1 unspecified atom stereocenters. The highest BCUT2D eigenvalue weighted by molar-refractivity contribution is 6.02. The molecule has 5 rings (SSSR count). The number of carbonyl (C=O) groups is 3. The number of hydrogen-bond donors (Lipinski definition) is 0. The standard InChI is InChI=1S/C30H36N2O5/c1-36-24-9-10-25-26(20-24)22(18-27(25)33)19-29(35)32-16-13-30(21-32)11-14-31(15-12-30)28(34)8-5-17-37-23-6-3-2-4-7-23/h2-4,6-7,9-10,20,22H,5,8,11-19,21H2,1H3. The van der Waals surface area contributed by atoms with E-state index in [1.807, 2.05) is 52.3 Å². The maximum absolute atomic E-state index is 13.2. The van der Waals surface area contributed by atoms with Crippen LogP contribution >= 0.6 is 0 Å². The molecular formula is C30H36N2O5. The predicted molar refractivity (Wildman–Crippen MR) is 140 cm³/mol. The summed E-state index contributed by atoms with van der Waals surface area (Å²) < 4.78 is 11.0. The summed E-state index contributed by atoms with van der Waals surface area (Å²) in [6, 6.07) is 15.2. The maximum atomic E-state index is 13.2. The van der Waals surface area contributed by atoms with Crippen LogP contribution in [0.15, 0.2) is 48.5 Å². The number of Topliss-reactive ketones (excluding diaryl/α,β-unsaturated/α-hetero) is 1. The van der Waals surface area contributed by atoms with Crippen LogP contribution in [0.2, 0.25) is 0 Å². The number of nitrogens with zero attached hydrogens (tertiary/aromatic N) is 2. The van der Waals surface area contributed by atoms with Gasteiger partial charge < -0.3 is 19.3 Å². The van der Waals surface area contributed by atoms with Crippen LogP contribution in [0.5, 0.6) is 11.5 Å². The Labute approximate surface area is 218 Å². The Morgan fingerprint density at radius 1 is 0.946 bits per heavy atom. The van der Waals surface area contributed by atoms with E-state index in [4.69, 9.17) is 9.47 Å². The minimum Gasteiger partial charge on any atom is -0.497 e. The number of likely N-dealkylation sites (tertiary alicyclic amines) is 2. The van der Waals surface area contributed by atoms with Gasteiger partial charge in [0.1, 0.15) is 11.5 Å². The number of rotatable bonds is 8. The first-order valence-corrected chi connectivity index (χ1v) is 13.4. The number of amides is 2. The molecule has 196 valence electrons. The number of piperidine rings is 1. The molecule has 2 saturated heterocycles. The zero-order chi connectivity index (χ0) is 25.8. The van der Waals surface area contributed by atoms with E-state index in [1.165, 1.54) is 0 Å². The molecule has 2 aromatic rings. The van der Waals surface area contributed by atoms with E-state index in [0.29, 0.717) is 32.3 Å². The zero-order valence-corrected chi connectivity index (χ0v) is 21.6. The number of ketones is 1. The lowest BCUT2D eigenvalue weighted by Crippen LogP contribution is -2.44. The van der Waals surface area contributed by atoms with E-state index < -0.39 is 0 Å². The second-order valence-electron chi connectivity index (χ2n) is 10.7. The Morgan fingerprint density at radius 3 is 2.41 bits per heavy atom. The van der Waals surface area contributed by atoms with Gasteiger partial charge in [0.05, 0.1) is 13.7 Å². The number of ether oxygens (including phenoxy) is 2. The monoisotopic (exact) mass is 504 g/mol. The van der Waals surface area contributed by atoms with Gasteiger partial charge in [0.25, 0.3) is 0 Å². The summed E-state index contributed by atoms with van der Waals surface area (Å²) >= 11 is 0. The first kappa shape index (κ1) is 25.3. The van der Waals surface area contributed by atoms with E-state index in [0.717, 1.165) is 68.1 Å². The third kappa shape index (κ3) is 5.65. The molecule has 2 aromatic carbocycles. The summed E-state index contributed by atoms with van der Waals surface area (Å²) in [5.41, 5.74) is 1.77. The van der Waals surface area contributed by atoms with Gasteiger partial charge in [-0.2, -0.15) is 0 Å². The van der Waals surface area contributed by atoms with Crippen LogP contribution in [0.25, 0.3) is 0 Å². The largest absolute Gasteiger partial charge is 0.497 e. The molecule has 3 aliphatic rings. The van der Waals surface area contributed by atoms with Crippen molar-refractivity contribution in [2.24, 2.45) is 5.41 Å². The fourth-order valence-electron chi connectivity index (χ4n) is 6.10. The Hall–Kier alpha value is -3.35. The van der Waals surface area contributed by atoms with Crippen molar-refractivity contribution in [2.45, 2.75) is 50.9 Å². The smallest absolute Gasteiger partial charge is 0.223 e. The van der Waals surface area contributed by atoms with Crippen molar-refractivity contribution in [3.8, 4) is 11.5 Å². The van der Waals surface area contributed by atoms with Crippen molar-refractivity contribution >= 4 is 17.6 Å². The molecule has 1 aliphatic carbocycles. The normalized spacial score (nSPS) is 20.2. The fourth-order valence-corrected chi connectivity index (χ4v) is 6.10. The average Bonchev–Trinajstić information content (AvgIpc) is 3.48. The number of hydrogen-bond acceptors (Lipinski definition) is 5. The molecule has 2 heterocycles. The van der Waals surface area contributed by atoms with Gasteiger partial charge in [-0.15, -0.1) is 0 Å². The lowest BCUT2D eigenvalue weighted by Gasteiger charge is -2.39. The molecule has 2 amide bonds. The van der Waals surface area contributed by atoms with Crippen LogP contribution in [-0.2, 0) is 9.59 Å². The van der Waals surface area contributed by atoms with Gasteiger partial charge in [0.2, 0.25) is 11.8 Å². The molecule has 0 aromatic heterocycles. The summed E-state index contributed by atoms with van der Waals surface area (Å²) in [7, 11) is 1.61. The summed E-state index contributed by atoms with van der Waals surface area (Å²) in [6.45, 7) is 3.56. The van der Waals surface area contributed by atoms with Crippen LogP contribution in [-0.4, -0.2) is 67.3 Å². The second-order valence-corrected chi connectivity index (χ2v) is 10.7. The van der Waals surface area contributed by atoms with Crippen LogP contribution < -0.4 is 9.47 Å². The molecule has 0 saturated carbocycles. The van der Waals surface area contributed by atoms with Gasteiger partial charge in [-0.3, -0.25) is 14.4 Å². The Bertz CT molecular complexity index is 1140. The van der Waals surface area contributed by atoms with Gasteiger partial charge >= 0.3 is 0 Å². The summed E-state index contributed by atoms with van der Waals surface area (Å²) in [6.07, 6.45) is 4.81. The predicted octanol–water partition coefficient (Wildman–Crippen LogP) is 4.46. The maximum Gasteiger partial charge on any atom is 0.223 e. The van der Waals surface area contributed by atoms with Crippen LogP contribution in [0.4, 0.5) is 0 Å². The molecule has 2 fully saturated rings. The number of benzene rings is 2. The zero-order valence-electron chi connectivity index (χ0n) is 21.6. The van der Waals surface area contributed by atoms with Crippen molar-refractivity contribution in [3.05, 3.63) is 59.7 Å². The fraction of sp³-hybridized carbons (Fsp3) is 0.500. The van der Waals surface area contributed by atoms with Crippen LogP contribution in [0.3, 0.4) is 0 Å². The molecule has 7 nitrogen and oxygen atoms in total. The average molecular weight is 505 g/mol. The molecule has 0 bridgehead atoms. The van der Waals surface area contributed by atoms with Gasteiger partial charge in [0.15, 0.2) is 5.78 Å². The molecule has 1 spiro atoms. The highest BCUT2D eigenvalue weighted by Crippen LogP contribution is 2.42. The molecule has 7 heteroatoms. The first-order chi connectivity index (χ1) is 18.0. The number of methoxy groups -OCH3 is 1. The molecule has 37 heavy (non-hydrogen) atoms. The molecular weight excluding hydrogens is 468 g/mol. The molecule has 2 aliphatic heterocycles. The molecule has 0 radical (unpaired) electrons. The topological polar surface area (TPSA) is 76.2 Å². The lowest BCUT2D eigenvalue weighted by molar-refractivity contribution is -0.135. The minimum absolute atomic E-state index is 0.0769. The number of para-hydroxylation sites is 1. The Kier molecular flexibility index (Phi) is 7.49. The summed E-state index contributed by atoms with van der Waals surface area (Å²) in [4.78, 5) is 42.4. The van der Waals surface area contributed by atoms with Crippen molar-refractivity contribution in [2.75, 3.05) is 39.9 Å². The first-order valence-electron chi connectivity index (χ1n) is 13.4. The van der Waals surface area contributed by atoms with E-state index in [-0.39, 0.29) is 28.9 Å². The lowest BCUT2D eigenvalue weighted by atomic mass is 9.77. The van der Waals surface area contributed by atoms with Crippen molar-refractivity contribution in [1.29, 1.82) is 0 Å². The summed E-state index contributed by atoms with van der Waals surface area (Å²) in [5.74, 6) is 1.90.